The molecule has 1 atom stereocenters. The number of nitrogens with one attached hydrogen (secondary N) is 1. The van der Waals surface area contributed by atoms with Crippen LogP contribution in [0.3, 0.4) is 0 Å². The molecule has 1 amide bonds. The van der Waals surface area contributed by atoms with Gasteiger partial charge in [0, 0.05) is 0 Å². The van der Waals surface area contributed by atoms with Crippen molar-refractivity contribution in [3.63, 3.8) is 0 Å². The molecule has 0 spiro atoms. The summed E-state index contributed by atoms with van der Waals surface area (Å²) in [5.74, 6) is -2.21. The first kappa shape index (κ1) is 17.8. The Hall–Kier alpha value is -1.25. The largest absolute Gasteiger partial charge is 0.421 e. The summed E-state index contributed by atoms with van der Waals surface area (Å²) in [5, 5.41) is 1.72. The standard InChI is InChI=1S/C12H10BrF6NO/c1-7(8-5-3-2-4-6-8)20-9(21)10(13,11(14,15)16)12(17,18)19/h2-7H,1H3,(H,20,21)/t7-/m1/s1. The molecule has 0 aliphatic rings. The molecule has 9 heteroatoms. The van der Waals surface area contributed by atoms with Gasteiger partial charge in [-0.3, -0.25) is 4.79 Å². The van der Waals surface area contributed by atoms with E-state index in [-0.39, 0.29) is 0 Å². The first-order valence-electron chi connectivity index (χ1n) is 5.59. The molecule has 0 aliphatic heterocycles. The molecule has 0 unspecified atom stereocenters. The predicted octanol–water partition coefficient (Wildman–Crippen LogP) is 4.12. The zero-order valence-electron chi connectivity index (χ0n) is 10.5. The van der Waals surface area contributed by atoms with E-state index < -0.39 is 28.6 Å². The molecule has 0 aromatic heterocycles. The fourth-order valence-electron chi connectivity index (χ4n) is 1.54. The van der Waals surface area contributed by atoms with Crippen LogP contribution in [-0.4, -0.2) is 22.6 Å². The van der Waals surface area contributed by atoms with Gasteiger partial charge >= 0.3 is 12.4 Å². The summed E-state index contributed by atoms with van der Waals surface area (Å²) in [5.41, 5.74) is 0.380. The van der Waals surface area contributed by atoms with Crippen LogP contribution in [0.25, 0.3) is 0 Å². The van der Waals surface area contributed by atoms with Crippen molar-refractivity contribution in [1.29, 1.82) is 0 Å². The summed E-state index contributed by atoms with van der Waals surface area (Å²) in [6.07, 6.45) is -11.7. The van der Waals surface area contributed by atoms with E-state index in [1.807, 2.05) is 0 Å². The van der Waals surface area contributed by atoms with Crippen LogP contribution in [0.2, 0.25) is 0 Å². The zero-order chi connectivity index (χ0) is 16.5. The molecular weight excluding hydrogens is 368 g/mol. The summed E-state index contributed by atoms with van der Waals surface area (Å²) >= 11 is 1.53. The fraction of sp³-hybridized carbons (Fsp3) is 0.417. The van der Waals surface area contributed by atoms with E-state index in [0.717, 1.165) is 0 Å². The predicted molar refractivity (Wildman–Crippen MR) is 66.8 cm³/mol. The van der Waals surface area contributed by atoms with Gasteiger partial charge in [0.15, 0.2) is 0 Å². The zero-order valence-corrected chi connectivity index (χ0v) is 12.1. The summed E-state index contributed by atoms with van der Waals surface area (Å²) in [7, 11) is 0. The lowest BCUT2D eigenvalue weighted by Crippen LogP contribution is -2.61. The number of hydrogen-bond donors (Lipinski definition) is 1. The molecule has 21 heavy (non-hydrogen) atoms. The van der Waals surface area contributed by atoms with Gasteiger partial charge in [-0.25, -0.2) is 0 Å². The van der Waals surface area contributed by atoms with Gasteiger partial charge in [0.25, 0.3) is 10.2 Å². The lowest BCUT2D eigenvalue weighted by Gasteiger charge is -2.31. The summed E-state index contributed by atoms with van der Waals surface area (Å²) in [6.45, 7) is 1.29. The van der Waals surface area contributed by atoms with Crippen LogP contribution < -0.4 is 5.32 Å². The van der Waals surface area contributed by atoms with Crippen LogP contribution in [0.1, 0.15) is 18.5 Å². The molecule has 0 bridgehead atoms. The Labute approximate surface area is 124 Å². The topological polar surface area (TPSA) is 29.1 Å². The van der Waals surface area contributed by atoms with Gasteiger partial charge in [-0.1, -0.05) is 46.3 Å². The van der Waals surface area contributed by atoms with Crippen molar-refractivity contribution in [2.24, 2.45) is 0 Å². The van der Waals surface area contributed by atoms with Crippen molar-refractivity contribution in [3.8, 4) is 0 Å². The SMILES string of the molecule is C[C@@H](NC(=O)C(Br)(C(F)(F)F)C(F)(F)F)c1ccccc1. The quantitative estimate of drug-likeness (QED) is 0.622. The number of carbonyl (C=O) groups excluding carboxylic acids is 1. The Kier molecular flexibility index (Phi) is 4.97. The molecule has 0 saturated heterocycles. The van der Waals surface area contributed by atoms with Crippen molar-refractivity contribution >= 4 is 21.8 Å². The van der Waals surface area contributed by atoms with Crippen LogP contribution in [0.4, 0.5) is 26.3 Å². The minimum Gasteiger partial charge on any atom is -0.348 e. The van der Waals surface area contributed by atoms with Crippen LogP contribution in [-0.2, 0) is 4.79 Å². The van der Waals surface area contributed by atoms with E-state index in [0.29, 0.717) is 5.56 Å². The van der Waals surface area contributed by atoms with Gasteiger partial charge in [0.1, 0.15) is 0 Å². The lowest BCUT2D eigenvalue weighted by atomic mass is 10.0. The highest BCUT2D eigenvalue weighted by atomic mass is 79.9. The Bertz CT molecular complexity index is 485. The number of benzene rings is 1. The summed E-state index contributed by atoms with van der Waals surface area (Å²) < 4.78 is 71.4. The fourth-order valence-corrected chi connectivity index (χ4v) is 1.65. The molecule has 118 valence electrons. The van der Waals surface area contributed by atoms with E-state index in [2.05, 4.69) is 0 Å². The Morgan fingerprint density at radius 2 is 1.48 bits per heavy atom. The molecule has 1 aromatic rings. The number of halogens is 7. The lowest BCUT2D eigenvalue weighted by molar-refractivity contribution is -0.255. The third-order valence-corrected chi connectivity index (χ3v) is 4.00. The van der Waals surface area contributed by atoms with E-state index in [4.69, 9.17) is 0 Å². The van der Waals surface area contributed by atoms with Crippen molar-refractivity contribution < 1.29 is 31.1 Å². The molecule has 1 N–H and O–H groups in total. The number of alkyl halides is 7. The molecule has 2 nitrogen and oxygen atoms in total. The molecule has 0 fully saturated rings. The smallest absolute Gasteiger partial charge is 0.348 e. The van der Waals surface area contributed by atoms with Crippen molar-refractivity contribution in [2.45, 2.75) is 29.6 Å². The molecule has 0 saturated carbocycles. The molecule has 1 aromatic carbocycles. The van der Waals surface area contributed by atoms with Crippen molar-refractivity contribution in [1.82, 2.24) is 5.32 Å². The van der Waals surface area contributed by atoms with Crippen LogP contribution >= 0.6 is 15.9 Å². The average Bonchev–Trinajstić information content (AvgIpc) is 2.35. The van der Waals surface area contributed by atoms with Gasteiger partial charge < -0.3 is 5.32 Å². The number of hydrogen-bond acceptors (Lipinski definition) is 1. The maximum atomic E-state index is 12.7. The second-order valence-electron chi connectivity index (χ2n) is 4.26. The maximum Gasteiger partial charge on any atom is 0.421 e. The van der Waals surface area contributed by atoms with E-state index >= 15 is 0 Å². The van der Waals surface area contributed by atoms with Gasteiger partial charge in [-0.15, -0.1) is 0 Å². The van der Waals surface area contributed by atoms with Crippen molar-refractivity contribution in [3.05, 3.63) is 35.9 Å². The minimum atomic E-state index is -5.83. The third-order valence-electron chi connectivity index (χ3n) is 2.74. The first-order chi connectivity index (χ1) is 9.41. The highest BCUT2D eigenvalue weighted by Gasteiger charge is 2.74. The Morgan fingerprint density at radius 1 is 1.05 bits per heavy atom. The molecule has 0 aliphatic carbocycles. The van der Waals surface area contributed by atoms with Gasteiger partial charge in [-0.05, 0) is 12.5 Å². The number of rotatable bonds is 3. The second-order valence-corrected chi connectivity index (χ2v) is 5.45. The normalized spacial score (nSPS) is 14.7. The number of carbonyl (C=O) groups is 1. The first-order valence-corrected chi connectivity index (χ1v) is 6.39. The van der Waals surface area contributed by atoms with E-state index in [1.165, 1.54) is 35.0 Å². The molecule has 0 radical (unpaired) electrons. The van der Waals surface area contributed by atoms with E-state index in [9.17, 15) is 31.1 Å². The molecular formula is C12H10BrF6NO. The van der Waals surface area contributed by atoms with Gasteiger partial charge in [0.2, 0.25) is 0 Å². The average molecular weight is 378 g/mol. The Morgan fingerprint density at radius 3 is 1.86 bits per heavy atom. The van der Waals surface area contributed by atoms with E-state index in [1.54, 1.807) is 23.5 Å². The summed E-state index contributed by atoms with van der Waals surface area (Å²) in [4.78, 5) is 11.5. The monoisotopic (exact) mass is 377 g/mol. The Balaban J connectivity index is 3.05. The number of amides is 1. The molecule has 1 rings (SSSR count). The van der Waals surface area contributed by atoms with Crippen molar-refractivity contribution in [2.75, 3.05) is 0 Å². The van der Waals surface area contributed by atoms with Gasteiger partial charge in [0.05, 0.1) is 6.04 Å². The maximum absolute atomic E-state index is 12.7. The highest BCUT2D eigenvalue weighted by Crippen LogP contribution is 2.49. The van der Waals surface area contributed by atoms with Crippen LogP contribution in [0, 0.1) is 0 Å². The van der Waals surface area contributed by atoms with Gasteiger partial charge in [-0.2, -0.15) is 26.3 Å². The van der Waals surface area contributed by atoms with Crippen LogP contribution in [0.15, 0.2) is 30.3 Å². The summed E-state index contributed by atoms with van der Waals surface area (Å²) in [6, 6.07) is 6.66. The second kappa shape index (κ2) is 5.86. The molecule has 0 heterocycles. The van der Waals surface area contributed by atoms with Crippen LogP contribution in [0.5, 0.6) is 0 Å². The third kappa shape index (κ3) is 3.50. The highest BCUT2D eigenvalue weighted by molar-refractivity contribution is 9.10. The minimum absolute atomic E-state index is 0.380.